The number of amides is 3. The average molecular weight is 514 g/mol. The molecule has 38 heavy (non-hydrogen) atoms. The summed E-state index contributed by atoms with van der Waals surface area (Å²) >= 11 is 0. The van der Waals surface area contributed by atoms with Gasteiger partial charge in [-0.2, -0.15) is 0 Å². The lowest BCUT2D eigenvalue weighted by Gasteiger charge is -2.35. The molecule has 8 nitrogen and oxygen atoms in total. The number of para-hydroxylation sites is 1. The third-order valence-corrected chi connectivity index (χ3v) is 7.76. The molecule has 0 N–H and O–H groups in total. The fraction of sp³-hybridized carbons (Fsp3) is 0.310. The van der Waals surface area contributed by atoms with E-state index in [1.54, 1.807) is 13.1 Å². The highest BCUT2D eigenvalue weighted by Crippen LogP contribution is 2.25. The van der Waals surface area contributed by atoms with Crippen molar-refractivity contribution in [2.75, 3.05) is 51.7 Å². The number of rotatable bonds is 5. The Bertz CT molecular complexity index is 1490. The molecule has 2 fully saturated rings. The summed E-state index contributed by atoms with van der Waals surface area (Å²) in [6.07, 6.45) is 0. The maximum Gasteiger partial charge on any atom is 0.333 e. The summed E-state index contributed by atoms with van der Waals surface area (Å²) < 4.78 is 16.4. The lowest BCUT2D eigenvalue weighted by Crippen LogP contribution is -2.61. The van der Waals surface area contributed by atoms with Crippen molar-refractivity contribution in [1.29, 1.82) is 0 Å². The van der Waals surface area contributed by atoms with E-state index in [0.717, 1.165) is 35.3 Å². The van der Waals surface area contributed by atoms with Gasteiger partial charge >= 0.3 is 11.9 Å². The summed E-state index contributed by atoms with van der Waals surface area (Å²) in [6.45, 7) is 3.88. The third kappa shape index (κ3) is 4.12. The van der Waals surface area contributed by atoms with E-state index in [4.69, 9.17) is 4.99 Å². The first kappa shape index (κ1) is 24.2. The molecule has 3 aromatic carbocycles. The van der Waals surface area contributed by atoms with Crippen molar-refractivity contribution in [3.05, 3.63) is 78.1 Å². The normalized spacial score (nSPS) is 20.4. The first-order chi connectivity index (χ1) is 18.4. The average Bonchev–Trinajstić information content (AvgIpc) is 3.29. The van der Waals surface area contributed by atoms with Crippen molar-refractivity contribution in [2.45, 2.75) is 12.6 Å². The van der Waals surface area contributed by atoms with Crippen LogP contribution in [-0.4, -0.2) is 95.7 Å². The van der Waals surface area contributed by atoms with Gasteiger partial charge in [0.1, 0.15) is 18.9 Å². The van der Waals surface area contributed by atoms with Crippen LogP contribution in [0.15, 0.2) is 71.7 Å². The Morgan fingerprint density at radius 2 is 1.61 bits per heavy atom. The van der Waals surface area contributed by atoms with Crippen molar-refractivity contribution >= 4 is 40.1 Å². The standard InChI is InChI=1S/C29H30FN6O2/c1-32-27-26(28(37)33(2)29(32)38)36(18-21-10-7-9-20-8-3-4-11-22(20)21)25(31-27)19-34-14-16-35(17-15-34)24-13-6-5-12-23(24)30/h3-13,26H,14-19H2,1-2H3/q+1. The van der Waals surface area contributed by atoms with Crippen LogP contribution < -0.4 is 4.90 Å². The van der Waals surface area contributed by atoms with Gasteiger partial charge in [0.05, 0.1) is 5.69 Å². The van der Waals surface area contributed by atoms with E-state index < -0.39 is 6.04 Å². The SMILES string of the molecule is CN1C(=O)C2C(=NC(CN3CCN(c4ccccc4F)CC3)=[N+]2Cc2cccc3ccccc23)N(C)C1=O. The molecule has 0 spiro atoms. The van der Waals surface area contributed by atoms with E-state index in [1.807, 2.05) is 34.9 Å². The molecule has 2 saturated heterocycles. The van der Waals surface area contributed by atoms with E-state index in [-0.39, 0.29) is 17.8 Å². The molecule has 1 unspecified atom stereocenters. The summed E-state index contributed by atoms with van der Waals surface area (Å²) in [4.78, 5) is 37.9. The van der Waals surface area contributed by atoms with Crippen LogP contribution in [0, 0.1) is 5.82 Å². The van der Waals surface area contributed by atoms with Gasteiger partial charge in [-0.25, -0.2) is 13.8 Å². The Kier molecular flexibility index (Phi) is 6.15. The molecule has 0 saturated carbocycles. The lowest BCUT2D eigenvalue weighted by molar-refractivity contribution is -0.551. The summed E-state index contributed by atoms with van der Waals surface area (Å²) in [6, 6.07) is 20.2. The van der Waals surface area contributed by atoms with Crippen LogP contribution in [-0.2, 0) is 11.3 Å². The Morgan fingerprint density at radius 3 is 2.39 bits per heavy atom. The molecule has 3 aliphatic rings. The third-order valence-electron chi connectivity index (χ3n) is 7.76. The van der Waals surface area contributed by atoms with Gasteiger partial charge in [0.15, 0.2) is 0 Å². The molecule has 9 heteroatoms. The molecular formula is C29H30FN6O2+. The molecule has 1 atom stereocenters. The molecular weight excluding hydrogens is 483 g/mol. The van der Waals surface area contributed by atoms with Gasteiger partial charge in [0.25, 0.3) is 17.8 Å². The largest absolute Gasteiger partial charge is 0.367 e. The number of halogens is 1. The summed E-state index contributed by atoms with van der Waals surface area (Å²) in [5.41, 5.74) is 1.72. The number of imide groups is 1. The summed E-state index contributed by atoms with van der Waals surface area (Å²) in [5.74, 6) is 0.753. The van der Waals surface area contributed by atoms with Gasteiger partial charge in [0, 0.05) is 45.8 Å². The van der Waals surface area contributed by atoms with Crippen LogP contribution in [0.25, 0.3) is 10.8 Å². The summed E-state index contributed by atoms with van der Waals surface area (Å²) in [5, 5.41) is 2.26. The zero-order valence-electron chi connectivity index (χ0n) is 21.5. The number of anilines is 1. The number of urea groups is 1. The number of hydrogen-bond acceptors (Lipinski definition) is 5. The maximum absolute atomic E-state index is 14.3. The van der Waals surface area contributed by atoms with Crippen molar-refractivity contribution < 1.29 is 18.6 Å². The second-order valence-corrected chi connectivity index (χ2v) is 10.0. The van der Waals surface area contributed by atoms with Gasteiger partial charge < -0.3 is 4.90 Å². The highest BCUT2D eigenvalue weighted by Gasteiger charge is 2.53. The zero-order chi connectivity index (χ0) is 26.4. The number of nitrogens with zero attached hydrogens (tertiary/aromatic N) is 6. The van der Waals surface area contributed by atoms with Gasteiger partial charge in [0.2, 0.25) is 0 Å². The second kappa shape index (κ2) is 9.64. The van der Waals surface area contributed by atoms with Gasteiger partial charge in [-0.15, -0.1) is 0 Å². The quantitative estimate of drug-likeness (QED) is 0.492. The van der Waals surface area contributed by atoms with E-state index in [2.05, 4.69) is 34.1 Å². The number of fused-ring (bicyclic) bond motifs is 2. The molecule has 3 heterocycles. The van der Waals surface area contributed by atoms with E-state index >= 15 is 0 Å². The van der Waals surface area contributed by atoms with Crippen molar-refractivity contribution in [2.24, 2.45) is 4.99 Å². The number of carbonyl (C=O) groups excluding carboxylic acids is 2. The van der Waals surface area contributed by atoms with Crippen LogP contribution >= 0.6 is 0 Å². The number of amidine groups is 2. The summed E-state index contributed by atoms with van der Waals surface area (Å²) in [7, 11) is 3.19. The van der Waals surface area contributed by atoms with Crippen molar-refractivity contribution in [3.63, 3.8) is 0 Å². The fourth-order valence-corrected chi connectivity index (χ4v) is 5.63. The number of carbonyl (C=O) groups is 2. The van der Waals surface area contributed by atoms with Gasteiger partial charge in [-0.3, -0.25) is 19.5 Å². The van der Waals surface area contributed by atoms with Crippen LogP contribution in [0.4, 0.5) is 14.9 Å². The van der Waals surface area contributed by atoms with Crippen LogP contribution in [0.5, 0.6) is 0 Å². The molecule has 3 aliphatic heterocycles. The minimum absolute atomic E-state index is 0.210. The first-order valence-corrected chi connectivity index (χ1v) is 12.9. The number of piperazine rings is 1. The van der Waals surface area contributed by atoms with E-state index in [1.165, 1.54) is 22.9 Å². The lowest BCUT2D eigenvalue weighted by atomic mass is 10.0. The predicted octanol–water partition coefficient (Wildman–Crippen LogP) is 3.02. The highest BCUT2D eigenvalue weighted by atomic mass is 19.1. The Labute approximate surface area is 220 Å². The maximum atomic E-state index is 14.3. The molecule has 0 aromatic heterocycles. The monoisotopic (exact) mass is 513 g/mol. The molecule has 194 valence electrons. The smallest absolute Gasteiger partial charge is 0.333 e. The minimum Gasteiger partial charge on any atom is -0.367 e. The van der Waals surface area contributed by atoms with Gasteiger partial charge in [-0.05, 0) is 27.9 Å². The fourth-order valence-electron chi connectivity index (χ4n) is 5.63. The number of aliphatic imine (C=N–C) groups is 1. The molecule has 6 rings (SSSR count). The minimum atomic E-state index is -0.656. The number of hydrogen-bond donors (Lipinski definition) is 0. The van der Waals surface area contributed by atoms with Crippen molar-refractivity contribution in [1.82, 2.24) is 14.7 Å². The second-order valence-electron chi connectivity index (χ2n) is 10.0. The Morgan fingerprint density at radius 1 is 0.895 bits per heavy atom. The zero-order valence-corrected chi connectivity index (χ0v) is 21.5. The van der Waals surface area contributed by atoms with Crippen LogP contribution in [0.2, 0.25) is 0 Å². The molecule has 0 bridgehead atoms. The molecule has 0 aliphatic carbocycles. The topological polar surface area (TPSA) is 62.5 Å². The predicted molar refractivity (Wildman–Crippen MR) is 145 cm³/mol. The molecule has 0 radical (unpaired) electrons. The highest BCUT2D eigenvalue weighted by molar-refractivity contribution is 6.23. The number of likely N-dealkylation sites (N-methyl/N-ethyl adjacent to an activating group) is 2. The van der Waals surface area contributed by atoms with Crippen LogP contribution in [0.3, 0.4) is 0 Å². The van der Waals surface area contributed by atoms with E-state index in [9.17, 15) is 14.0 Å². The first-order valence-electron chi connectivity index (χ1n) is 12.9. The van der Waals surface area contributed by atoms with Gasteiger partial charge in [-0.1, -0.05) is 54.6 Å². The Balaban J connectivity index is 1.31. The Hall–Kier alpha value is -4.11. The van der Waals surface area contributed by atoms with E-state index in [0.29, 0.717) is 37.7 Å². The van der Waals surface area contributed by atoms with Crippen molar-refractivity contribution in [3.8, 4) is 0 Å². The number of benzene rings is 3. The molecule has 3 amide bonds. The van der Waals surface area contributed by atoms with Crippen LogP contribution in [0.1, 0.15) is 5.56 Å². The molecule has 3 aromatic rings.